The summed E-state index contributed by atoms with van der Waals surface area (Å²) in [6, 6.07) is 10.4. The van der Waals surface area contributed by atoms with Crippen molar-refractivity contribution in [3.05, 3.63) is 58.4 Å². The van der Waals surface area contributed by atoms with Crippen molar-refractivity contribution < 1.29 is 0 Å². The molecule has 4 heteroatoms. The van der Waals surface area contributed by atoms with Crippen molar-refractivity contribution in [2.45, 2.75) is 44.4 Å². The summed E-state index contributed by atoms with van der Waals surface area (Å²) in [5, 5.41) is 2.78. The zero-order valence-corrected chi connectivity index (χ0v) is 16.7. The number of rotatable bonds is 3. The van der Waals surface area contributed by atoms with Crippen LogP contribution in [-0.4, -0.2) is 10.1 Å². The maximum Gasteiger partial charge on any atom is 0.132 e. The summed E-state index contributed by atoms with van der Waals surface area (Å²) < 4.78 is 0. The lowest BCUT2D eigenvalue weighted by Gasteiger charge is -2.28. The van der Waals surface area contributed by atoms with Crippen molar-refractivity contribution >= 4 is 34.7 Å². The number of aliphatic imine (C=N–C) groups is 1. The molecule has 136 valence electrons. The predicted octanol–water partition coefficient (Wildman–Crippen LogP) is 6.55. The normalized spacial score (nSPS) is 21.7. The standard InChI is InChI=1S/C23H21ClN2S/c24-22-13-21(26-15-27)14-25-23(22)12-3-16-1-4-17(5-2-16)18-6-8-19(9-7-18)20-10-11-20/h1-2,4-5,13-14,18-20H,6-11H2. The molecule has 2 fully saturated rings. The van der Waals surface area contributed by atoms with Crippen molar-refractivity contribution in [1.29, 1.82) is 0 Å². The molecule has 0 aliphatic heterocycles. The summed E-state index contributed by atoms with van der Waals surface area (Å²) in [5.74, 6) is 8.97. The van der Waals surface area contributed by atoms with Gasteiger partial charge in [-0.1, -0.05) is 29.7 Å². The van der Waals surface area contributed by atoms with Crippen LogP contribution in [0.5, 0.6) is 0 Å². The number of hydrogen-bond acceptors (Lipinski definition) is 3. The Balaban J connectivity index is 1.41. The van der Waals surface area contributed by atoms with E-state index in [1.165, 1.54) is 44.1 Å². The monoisotopic (exact) mass is 392 g/mol. The maximum absolute atomic E-state index is 6.21. The van der Waals surface area contributed by atoms with Crippen LogP contribution in [0.15, 0.2) is 41.5 Å². The number of nitrogens with zero attached hydrogens (tertiary/aromatic N) is 2. The van der Waals surface area contributed by atoms with Crippen molar-refractivity contribution in [3.8, 4) is 11.8 Å². The smallest absolute Gasteiger partial charge is 0.132 e. The van der Waals surface area contributed by atoms with Crippen LogP contribution in [0.25, 0.3) is 0 Å². The van der Waals surface area contributed by atoms with Gasteiger partial charge in [-0.05, 0) is 98.2 Å². The Morgan fingerprint density at radius 3 is 2.22 bits per heavy atom. The van der Waals surface area contributed by atoms with Crippen molar-refractivity contribution in [3.63, 3.8) is 0 Å². The first-order valence-electron chi connectivity index (χ1n) is 9.58. The highest BCUT2D eigenvalue weighted by atomic mass is 35.5. The molecule has 1 aromatic heterocycles. The summed E-state index contributed by atoms with van der Waals surface area (Å²) in [6.45, 7) is 0. The second kappa shape index (κ2) is 8.36. The van der Waals surface area contributed by atoms with E-state index in [9.17, 15) is 0 Å². The molecule has 0 spiro atoms. The maximum atomic E-state index is 6.21. The molecule has 2 aliphatic carbocycles. The lowest BCUT2D eigenvalue weighted by molar-refractivity contribution is 0.296. The lowest BCUT2D eigenvalue weighted by atomic mass is 9.77. The highest BCUT2D eigenvalue weighted by Crippen LogP contribution is 2.47. The van der Waals surface area contributed by atoms with E-state index in [2.05, 4.69) is 63.5 Å². The Bertz CT molecular complexity index is 923. The second-order valence-electron chi connectivity index (χ2n) is 7.55. The third kappa shape index (κ3) is 4.66. The van der Waals surface area contributed by atoms with E-state index >= 15 is 0 Å². The Morgan fingerprint density at radius 1 is 0.963 bits per heavy atom. The fourth-order valence-electron chi connectivity index (χ4n) is 4.10. The quantitative estimate of drug-likeness (QED) is 0.336. The van der Waals surface area contributed by atoms with Crippen LogP contribution in [0, 0.1) is 23.7 Å². The molecule has 0 unspecified atom stereocenters. The molecule has 0 amide bonds. The zero-order chi connectivity index (χ0) is 18.6. The molecule has 2 aromatic rings. The molecule has 2 aliphatic rings. The van der Waals surface area contributed by atoms with E-state index in [1.54, 1.807) is 12.3 Å². The molecule has 27 heavy (non-hydrogen) atoms. The number of hydrogen-bond donors (Lipinski definition) is 0. The third-order valence-electron chi connectivity index (χ3n) is 5.77. The summed E-state index contributed by atoms with van der Waals surface area (Å²) in [7, 11) is 0. The van der Waals surface area contributed by atoms with Crippen LogP contribution in [0.1, 0.15) is 61.3 Å². The van der Waals surface area contributed by atoms with Gasteiger partial charge < -0.3 is 0 Å². The summed E-state index contributed by atoms with van der Waals surface area (Å²) >= 11 is 10.8. The van der Waals surface area contributed by atoms with Crippen LogP contribution >= 0.6 is 23.8 Å². The molecule has 0 bridgehead atoms. The van der Waals surface area contributed by atoms with Gasteiger partial charge in [-0.3, -0.25) is 0 Å². The predicted molar refractivity (Wildman–Crippen MR) is 114 cm³/mol. The summed E-state index contributed by atoms with van der Waals surface area (Å²) in [5.41, 5.74) is 3.56. The molecule has 2 saturated carbocycles. The first-order valence-corrected chi connectivity index (χ1v) is 10.4. The fraction of sp³-hybridized carbons (Fsp3) is 0.391. The van der Waals surface area contributed by atoms with Gasteiger partial charge in [-0.15, -0.1) is 0 Å². The molecular weight excluding hydrogens is 372 g/mol. The lowest BCUT2D eigenvalue weighted by Crippen LogP contribution is -2.14. The molecule has 1 aromatic carbocycles. The van der Waals surface area contributed by atoms with Gasteiger partial charge in [0.05, 0.1) is 22.1 Å². The van der Waals surface area contributed by atoms with Crippen LogP contribution < -0.4 is 0 Å². The zero-order valence-electron chi connectivity index (χ0n) is 15.1. The average Bonchev–Trinajstić information content (AvgIpc) is 3.54. The third-order valence-corrected chi connectivity index (χ3v) is 6.15. The Morgan fingerprint density at radius 2 is 1.63 bits per heavy atom. The van der Waals surface area contributed by atoms with Crippen LogP contribution in [0.4, 0.5) is 5.69 Å². The van der Waals surface area contributed by atoms with Gasteiger partial charge in [-0.25, -0.2) is 4.98 Å². The number of thiocarbonyl (C=S) groups is 1. The first kappa shape index (κ1) is 18.4. The van der Waals surface area contributed by atoms with Gasteiger partial charge in [0.1, 0.15) is 5.69 Å². The minimum atomic E-state index is 0.470. The van der Waals surface area contributed by atoms with E-state index in [-0.39, 0.29) is 0 Å². The van der Waals surface area contributed by atoms with Gasteiger partial charge in [0.2, 0.25) is 0 Å². The van der Waals surface area contributed by atoms with E-state index in [1.807, 2.05) is 0 Å². The molecule has 2 nitrogen and oxygen atoms in total. The first-order chi connectivity index (χ1) is 13.2. The number of halogens is 1. The number of benzene rings is 1. The number of isothiocyanates is 1. The highest BCUT2D eigenvalue weighted by molar-refractivity contribution is 7.78. The van der Waals surface area contributed by atoms with Gasteiger partial charge in [0.15, 0.2) is 0 Å². The van der Waals surface area contributed by atoms with E-state index in [0.29, 0.717) is 22.3 Å². The Kier molecular flexibility index (Phi) is 5.69. The fourth-order valence-corrected chi connectivity index (χ4v) is 4.41. The SMILES string of the molecule is S=C=Nc1cnc(C#Cc2ccc(C3CCC(C4CC4)CC3)cc2)c(Cl)c1. The van der Waals surface area contributed by atoms with Gasteiger partial charge in [-0.2, -0.15) is 4.99 Å². The van der Waals surface area contributed by atoms with Crippen LogP contribution in [-0.2, 0) is 0 Å². The largest absolute Gasteiger partial charge is 0.244 e. The molecule has 0 radical (unpaired) electrons. The van der Waals surface area contributed by atoms with E-state index < -0.39 is 0 Å². The van der Waals surface area contributed by atoms with Crippen molar-refractivity contribution in [2.24, 2.45) is 16.8 Å². The topological polar surface area (TPSA) is 25.2 Å². The molecule has 1 heterocycles. The average molecular weight is 393 g/mol. The molecule has 0 atom stereocenters. The number of aromatic nitrogens is 1. The molecule has 0 saturated heterocycles. The van der Waals surface area contributed by atoms with Gasteiger partial charge >= 0.3 is 0 Å². The number of pyridine rings is 1. The Hall–Kier alpha value is -1.98. The summed E-state index contributed by atoms with van der Waals surface area (Å²) in [4.78, 5) is 8.11. The van der Waals surface area contributed by atoms with Crippen molar-refractivity contribution in [2.75, 3.05) is 0 Å². The highest BCUT2D eigenvalue weighted by Gasteiger charge is 2.34. The van der Waals surface area contributed by atoms with Gasteiger partial charge in [0.25, 0.3) is 0 Å². The molecule has 4 rings (SSSR count). The van der Waals surface area contributed by atoms with Gasteiger partial charge in [0, 0.05) is 5.56 Å². The van der Waals surface area contributed by atoms with Crippen LogP contribution in [0.2, 0.25) is 5.02 Å². The molecule has 0 N–H and O–H groups in total. The van der Waals surface area contributed by atoms with Crippen molar-refractivity contribution in [1.82, 2.24) is 4.98 Å². The van der Waals surface area contributed by atoms with Crippen LogP contribution in [0.3, 0.4) is 0 Å². The summed E-state index contributed by atoms with van der Waals surface area (Å²) in [6.07, 6.45) is 10.0. The minimum absolute atomic E-state index is 0.470. The Labute approximate surface area is 171 Å². The van der Waals surface area contributed by atoms with E-state index in [4.69, 9.17) is 11.6 Å². The second-order valence-corrected chi connectivity index (χ2v) is 8.14. The van der Waals surface area contributed by atoms with E-state index in [0.717, 1.165) is 17.4 Å². The minimum Gasteiger partial charge on any atom is -0.244 e. The molecular formula is C23H21ClN2S.